The molecule has 0 fully saturated rings. The standard InChI is InChI=1S/C50H29BN2/c1-3-12-28(13-4-1)31-24-38-39-25-32(29-14-5-2-6-15-29)27-41-49(39)53-48(38)40(26-31)45-35-19-10-9-18-34(35)44(46(51-41)50(45)53)37-21-11-20-36-43-33-17-8-7-16-30(33)22-23-42(43)52-47(36)37/h1-27,51-52H. The minimum Gasteiger partial charge on any atom is -0.354 e. The highest BCUT2D eigenvalue weighted by Crippen LogP contribution is 2.47. The molecule has 1 aliphatic rings. The number of aromatic nitrogens is 2. The highest BCUT2D eigenvalue weighted by molar-refractivity contribution is 6.76. The van der Waals surface area contributed by atoms with E-state index in [0.29, 0.717) is 0 Å². The van der Waals surface area contributed by atoms with Crippen LogP contribution in [-0.4, -0.2) is 16.7 Å². The summed E-state index contributed by atoms with van der Waals surface area (Å²) in [6, 6.07) is 60.9. The van der Waals surface area contributed by atoms with Crippen LogP contribution in [0.3, 0.4) is 0 Å². The molecule has 0 saturated heterocycles. The number of para-hydroxylation sites is 1. The van der Waals surface area contributed by atoms with Crippen molar-refractivity contribution in [2.24, 2.45) is 0 Å². The number of hydrogen-bond donors (Lipinski definition) is 1. The first kappa shape index (κ1) is 27.8. The molecule has 0 radical (unpaired) electrons. The molecule has 0 atom stereocenters. The molecule has 0 unspecified atom stereocenters. The minimum atomic E-state index is 0.866. The van der Waals surface area contributed by atoms with Gasteiger partial charge < -0.3 is 9.38 Å². The van der Waals surface area contributed by atoms with Gasteiger partial charge in [-0.2, -0.15) is 0 Å². The molecule has 3 aromatic heterocycles. The van der Waals surface area contributed by atoms with Crippen LogP contribution in [0.1, 0.15) is 0 Å². The Morgan fingerprint density at radius 3 is 1.85 bits per heavy atom. The number of benzene rings is 9. The molecule has 9 aromatic carbocycles. The maximum atomic E-state index is 3.94. The van der Waals surface area contributed by atoms with Gasteiger partial charge in [0.05, 0.1) is 11.0 Å². The van der Waals surface area contributed by atoms with Crippen LogP contribution in [0.4, 0.5) is 0 Å². The molecule has 0 aliphatic carbocycles. The van der Waals surface area contributed by atoms with Gasteiger partial charge in [0.25, 0.3) is 0 Å². The average Bonchev–Trinajstić information content (AvgIpc) is 3.89. The maximum Gasteiger partial charge on any atom is 0.198 e. The molecule has 1 aliphatic heterocycles. The van der Waals surface area contributed by atoms with Crippen LogP contribution in [0.2, 0.25) is 0 Å². The maximum absolute atomic E-state index is 3.94. The van der Waals surface area contributed by atoms with Gasteiger partial charge in [-0.1, -0.05) is 145 Å². The summed E-state index contributed by atoms with van der Waals surface area (Å²) >= 11 is 0. The van der Waals surface area contributed by atoms with Gasteiger partial charge in [-0.3, -0.25) is 0 Å². The van der Waals surface area contributed by atoms with Gasteiger partial charge in [-0.25, -0.2) is 0 Å². The monoisotopic (exact) mass is 668 g/mol. The van der Waals surface area contributed by atoms with Crippen molar-refractivity contribution >= 4 is 99.7 Å². The highest BCUT2D eigenvalue weighted by Gasteiger charge is 2.31. The summed E-state index contributed by atoms with van der Waals surface area (Å²) in [6.45, 7) is 0. The third kappa shape index (κ3) is 3.54. The Kier molecular flexibility index (Phi) is 5.22. The number of fused-ring (bicyclic) bond motifs is 9. The van der Waals surface area contributed by atoms with Crippen molar-refractivity contribution in [1.82, 2.24) is 9.38 Å². The fourth-order valence-electron chi connectivity index (χ4n) is 10.1. The predicted molar refractivity (Wildman–Crippen MR) is 228 cm³/mol. The molecule has 2 nitrogen and oxygen atoms in total. The van der Waals surface area contributed by atoms with Crippen LogP contribution in [0.5, 0.6) is 0 Å². The second kappa shape index (κ2) is 9.94. The molecule has 53 heavy (non-hydrogen) atoms. The lowest BCUT2D eigenvalue weighted by Gasteiger charge is -2.21. The molecule has 0 amide bonds. The molecule has 4 heterocycles. The van der Waals surface area contributed by atoms with Gasteiger partial charge in [0.2, 0.25) is 0 Å². The Morgan fingerprint density at radius 2 is 1.06 bits per heavy atom. The number of rotatable bonds is 3. The quantitative estimate of drug-likeness (QED) is 0.181. The number of H-pyrrole nitrogens is 1. The lowest BCUT2D eigenvalue weighted by molar-refractivity contribution is 1.38. The fourth-order valence-corrected chi connectivity index (χ4v) is 10.1. The van der Waals surface area contributed by atoms with E-state index in [9.17, 15) is 0 Å². The van der Waals surface area contributed by atoms with Crippen molar-refractivity contribution in [2.75, 3.05) is 0 Å². The van der Waals surface area contributed by atoms with Crippen molar-refractivity contribution in [3.05, 3.63) is 164 Å². The summed E-state index contributed by atoms with van der Waals surface area (Å²) in [5.74, 6) is 0. The third-order valence-corrected chi connectivity index (χ3v) is 12.2. The van der Waals surface area contributed by atoms with Crippen molar-refractivity contribution in [3.63, 3.8) is 0 Å². The third-order valence-electron chi connectivity index (χ3n) is 12.2. The average molecular weight is 669 g/mol. The van der Waals surface area contributed by atoms with Crippen molar-refractivity contribution in [1.29, 1.82) is 0 Å². The van der Waals surface area contributed by atoms with E-state index in [2.05, 4.69) is 173 Å². The Morgan fingerprint density at radius 1 is 0.415 bits per heavy atom. The van der Waals surface area contributed by atoms with Crippen LogP contribution in [0, 0.1) is 0 Å². The second-order valence-electron chi connectivity index (χ2n) is 14.9. The topological polar surface area (TPSA) is 20.2 Å². The van der Waals surface area contributed by atoms with E-state index < -0.39 is 0 Å². The predicted octanol–water partition coefficient (Wildman–Crippen LogP) is 11.5. The van der Waals surface area contributed by atoms with Crippen LogP contribution in [0.25, 0.3) is 115 Å². The summed E-state index contributed by atoms with van der Waals surface area (Å²) in [6.07, 6.45) is 0. The molecule has 0 spiro atoms. The Labute approximate surface area is 305 Å². The van der Waals surface area contributed by atoms with E-state index in [1.54, 1.807) is 0 Å². The van der Waals surface area contributed by atoms with E-state index in [1.165, 1.54) is 126 Å². The smallest absolute Gasteiger partial charge is 0.198 e. The highest BCUT2D eigenvalue weighted by atomic mass is 14.9. The Hall–Kier alpha value is -6.84. The molecular weight excluding hydrogens is 639 g/mol. The van der Waals surface area contributed by atoms with Gasteiger partial charge in [0.1, 0.15) is 0 Å². The van der Waals surface area contributed by atoms with Crippen molar-refractivity contribution < 1.29 is 0 Å². The molecular formula is C50H29BN2. The van der Waals surface area contributed by atoms with Gasteiger partial charge in [0, 0.05) is 54.4 Å². The lowest BCUT2D eigenvalue weighted by Crippen LogP contribution is -2.34. The van der Waals surface area contributed by atoms with Gasteiger partial charge in [-0.15, -0.1) is 0 Å². The summed E-state index contributed by atoms with van der Waals surface area (Å²) < 4.78 is 2.64. The summed E-state index contributed by atoms with van der Waals surface area (Å²) in [7, 11) is 0.866. The van der Waals surface area contributed by atoms with E-state index in [0.717, 1.165) is 7.28 Å². The molecule has 3 heteroatoms. The van der Waals surface area contributed by atoms with Crippen LogP contribution in [0.15, 0.2) is 164 Å². The molecule has 0 bridgehead atoms. The zero-order valence-electron chi connectivity index (χ0n) is 28.7. The van der Waals surface area contributed by atoms with Crippen LogP contribution >= 0.6 is 0 Å². The molecule has 1 N–H and O–H groups in total. The lowest BCUT2D eigenvalue weighted by atomic mass is 9.58. The number of hydrogen-bond acceptors (Lipinski definition) is 0. The largest absolute Gasteiger partial charge is 0.354 e. The van der Waals surface area contributed by atoms with E-state index >= 15 is 0 Å². The van der Waals surface area contributed by atoms with Crippen LogP contribution in [-0.2, 0) is 0 Å². The summed E-state index contributed by atoms with van der Waals surface area (Å²) in [5.41, 5.74) is 16.9. The van der Waals surface area contributed by atoms with Gasteiger partial charge in [-0.05, 0) is 79.1 Å². The Bertz CT molecular complexity index is 3520. The van der Waals surface area contributed by atoms with Crippen LogP contribution < -0.4 is 10.9 Å². The van der Waals surface area contributed by atoms with Crippen molar-refractivity contribution in [2.45, 2.75) is 0 Å². The zero-order chi connectivity index (χ0) is 34.4. The Balaban J connectivity index is 1.23. The van der Waals surface area contributed by atoms with E-state index in [4.69, 9.17) is 0 Å². The van der Waals surface area contributed by atoms with Crippen molar-refractivity contribution in [3.8, 4) is 33.4 Å². The zero-order valence-corrected chi connectivity index (χ0v) is 28.7. The van der Waals surface area contributed by atoms with Gasteiger partial charge >= 0.3 is 0 Å². The number of nitrogens with one attached hydrogen (secondary N) is 1. The normalized spacial score (nSPS) is 12.7. The first-order chi connectivity index (χ1) is 26.3. The van der Waals surface area contributed by atoms with Gasteiger partial charge in [0.15, 0.2) is 7.28 Å². The first-order valence-electron chi connectivity index (χ1n) is 18.6. The van der Waals surface area contributed by atoms with E-state index in [-0.39, 0.29) is 0 Å². The first-order valence-corrected chi connectivity index (χ1v) is 18.6. The summed E-state index contributed by atoms with van der Waals surface area (Å²) in [5, 5.41) is 13.1. The number of nitrogens with zero attached hydrogens (tertiary/aromatic N) is 1. The molecule has 12 aromatic rings. The summed E-state index contributed by atoms with van der Waals surface area (Å²) in [4.78, 5) is 3.94. The second-order valence-corrected chi connectivity index (χ2v) is 14.9. The minimum absolute atomic E-state index is 0.866. The van der Waals surface area contributed by atoms with E-state index in [1.807, 2.05) is 0 Å². The molecule has 242 valence electrons. The fraction of sp³-hybridized carbons (Fsp3) is 0. The SMILES string of the molecule is B1c2cc(-c3ccccc3)cc3c4cc(-c5ccccc5)cc5c6c7ccccc7c(-c7cccc8c7[nH]c7ccc9ccccc9c78)c1c6n(c23)c45. The molecule has 0 saturated carbocycles. The molecule has 13 rings (SSSR count). The number of aromatic amines is 1.